The molecule has 0 spiro atoms. The molecule has 0 aliphatic carbocycles. The molecule has 0 saturated carbocycles. The molecule has 3 N–H and O–H groups in total. The van der Waals surface area contributed by atoms with Gasteiger partial charge in [0.15, 0.2) is 0 Å². The van der Waals surface area contributed by atoms with Crippen LogP contribution in [0.15, 0.2) is 22.7 Å². The summed E-state index contributed by atoms with van der Waals surface area (Å²) in [5.74, 6) is 0.774. The zero-order chi connectivity index (χ0) is 12.7. The molecule has 0 aliphatic rings. The highest BCUT2D eigenvalue weighted by Gasteiger charge is 2.08. The van der Waals surface area contributed by atoms with E-state index in [2.05, 4.69) is 15.9 Å². The number of hydrogen-bond donors (Lipinski definition) is 2. The lowest BCUT2D eigenvalue weighted by Crippen LogP contribution is -2.12. The van der Waals surface area contributed by atoms with Gasteiger partial charge in [-0.1, -0.05) is 15.9 Å². The SMILES string of the molecule is C[C@@H](N)c1cc(Br)ccc1OCCOCCO. The summed E-state index contributed by atoms with van der Waals surface area (Å²) >= 11 is 3.40. The second-order valence-electron chi connectivity index (χ2n) is 3.66. The first kappa shape index (κ1) is 14.4. The van der Waals surface area contributed by atoms with Crippen LogP contribution in [0.3, 0.4) is 0 Å². The van der Waals surface area contributed by atoms with Crippen LogP contribution in [0.1, 0.15) is 18.5 Å². The van der Waals surface area contributed by atoms with Gasteiger partial charge >= 0.3 is 0 Å². The highest BCUT2D eigenvalue weighted by molar-refractivity contribution is 9.10. The van der Waals surface area contributed by atoms with Gasteiger partial charge in [0.05, 0.1) is 19.8 Å². The summed E-state index contributed by atoms with van der Waals surface area (Å²) in [5.41, 5.74) is 6.83. The van der Waals surface area contributed by atoms with E-state index >= 15 is 0 Å². The van der Waals surface area contributed by atoms with Gasteiger partial charge in [0.1, 0.15) is 12.4 Å². The summed E-state index contributed by atoms with van der Waals surface area (Å²) in [5, 5.41) is 8.54. The molecule has 1 aromatic carbocycles. The van der Waals surface area contributed by atoms with E-state index in [-0.39, 0.29) is 12.6 Å². The lowest BCUT2D eigenvalue weighted by Gasteiger charge is -2.14. The summed E-state index contributed by atoms with van der Waals surface area (Å²) in [6.07, 6.45) is 0. The average molecular weight is 304 g/mol. The van der Waals surface area contributed by atoms with E-state index in [4.69, 9.17) is 20.3 Å². The Morgan fingerprint density at radius 2 is 2.12 bits per heavy atom. The highest BCUT2D eigenvalue weighted by Crippen LogP contribution is 2.27. The number of aliphatic hydroxyl groups is 1. The summed E-state index contributed by atoms with van der Waals surface area (Å²) < 4.78 is 11.7. The Kier molecular flexibility index (Phi) is 6.50. The van der Waals surface area contributed by atoms with Crippen molar-refractivity contribution in [2.45, 2.75) is 13.0 Å². The molecular formula is C12H18BrNO3. The molecule has 17 heavy (non-hydrogen) atoms. The molecule has 0 bridgehead atoms. The first-order chi connectivity index (χ1) is 8.15. The van der Waals surface area contributed by atoms with Crippen molar-refractivity contribution >= 4 is 15.9 Å². The van der Waals surface area contributed by atoms with Crippen molar-refractivity contribution < 1.29 is 14.6 Å². The molecular weight excluding hydrogens is 286 g/mol. The smallest absolute Gasteiger partial charge is 0.124 e. The quantitative estimate of drug-likeness (QED) is 0.755. The number of aliphatic hydroxyl groups excluding tert-OH is 1. The summed E-state index contributed by atoms with van der Waals surface area (Å²) in [6, 6.07) is 5.67. The van der Waals surface area contributed by atoms with Crippen LogP contribution in [0.25, 0.3) is 0 Å². The third-order valence-corrected chi connectivity index (χ3v) is 2.68. The van der Waals surface area contributed by atoms with Gasteiger partial charge in [-0.25, -0.2) is 0 Å². The van der Waals surface area contributed by atoms with Crippen LogP contribution < -0.4 is 10.5 Å². The number of hydrogen-bond acceptors (Lipinski definition) is 4. The minimum absolute atomic E-state index is 0.0311. The first-order valence-corrected chi connectivity index (χ1v) is 6.31. The van der Waals surface area contributed by atoms with Crippen LogP contribution >= 0.6 is 15.9 Å². The van der Waals surface area contributed by atoms with Gasteiger partial charge in [-0.2, -0.15) is 0 Å². The minimum Gasteiger partial charge on any atom is -0.491 e. The molecule has 0 heterocycles. The Balaban J connectivity index is 2.52. The Morgan fingerprint density at radius 3 is 2.76 bits per heavy atom. The monoisotopic (exact) mass is 303 g/mol. The maximum Gasteiger partial charge on any atom is 0.124 e. The molecule has 0 unspecified atom stereocenters. The Morgan fingerprint density at radius 1 is 1.35 bits per heavy atom. The predicted octanol–water partition coefficient (Wildman–Crippen LogP) is 1.86. The van der Waals surface area contributed by atoms with E-state index in [9.17, 15) is 0 Å². The van der Waals surface area contributed by atoms with E-state index < -0.39 is 0 Å². The second kappa shape index (κ2) is 7.66. The fourth-order valence-corrected chi connectivity index (χ4v) is 1.76. The highest BCUT2D eigenvalue weighted by atomic mass is 79.9. The van der Waals surface area contributed by atoms with Crippen molar-refractivity contribution in [1.29, 1.82) is 0 Å². The Hall–Kier alpha value is -0.620. The topological polar surface area (TPSA) is 64.7 Å². The van der Waals surface area contributed by atoms with Gasteiger partial charge in [0.25, 0.3) is 0 Å². The van der Waals surface area contributed by atoms with Gasteiger partial charge in [-0.15, -0.1) is 0 Å². The third-order valence-electron chi connectivity index (χ3n) is 2.18. The lowest BCUT2D eigenvalue weighted by molar-refractivity contribution is 0.0702. The van der Waals surface area contributed by atoms with Gasteiger partial charge in [0.2, 0.25) is 0 Å². The van der Waals surface area contributed by atoms with Gasteiger partial charge in [-0.3, -0.25) is 0 Å². The van der Waals surface area contributed by atoms with Crippen molar-refractivity contribution in [3.05, 3.63) is 28.2 Å². The molecule has 0 radical (unpaired) electrons. The molecule has 0 saturated heterocycles. The fraction of sp³-hybridized carbons (Fsp3) is 0.500. The van der Waals surface area contributed by atoms with Crippen molar-refractivity contribution in [1.82, 2.24) is 0 Å². The maximum absolute atomic E-state index is 8.54. The van der Waals surface area contributed by atoms with Gasteiger partial charge in [-0.05, 0) is 25.1 Å². The molecule has 0 amide bonds. The van der Waals surface area contributed by atoms with Gasteiger partial charge in [0, 0.05) is 16.1 Å². The van der Waals surface area contributed by atoms with E-state index in [1.807, 2.05) is 25.1 Å². The van der Waals surface area contributed by atoms with Crippen molar-refractivity contribution in [2.24, 2.45) is 5.73 Å². The van der Waals surface area contributed by atoms with Crippen LogP contribution in [0, 0.1) is 0 Å². The van der Waals surface area contributed by atoms with Crippen LogP contribution in [0.5, 0.6) is 5.75 Å². The number of nitrogens with two attached hydrogens (primary N) is 1. The van der Waals surface area contributed by atoms with Crippen molar-refractivity contribution in [3.8, 4) is 5.75 Å². The number of halogens is 1. The van der Waals surface area contributed by atoms with E-state index in [1.165, 1.54) is 0 Å². The zero-order valence-electron chi connectivity index (χ0n) is 9.86. The largest absolute Gasteiger partial charge is 0.491 e. The fourth-order valence-electron chi connectivity index (χ4n) is 1.38. The molecule has 5 heteroatoms. The minimum atomic E-state index is -0.0825. The van der Waals surface area contributed by atoms with E-state index in [0.29, 0.717) is 19.8 Å². The van der Waals surface area contributed by atoms with Crippen molar-refractivity contribution in [2.75, 3.05) is 26.4 Å². The number of rotatable bonds is 7. The molecule has 0 aromatic heterocycles. The third kappa shape index (κ3) is 5.04. The van der Waals surface area contributed by atoms with Crippen LogP contribution in [0.4, 0.5) is 0 Å². The summed E-state index contributed by atoms with van der Waals surface area (Å²) in [6.45, 7) is 3.18. The second-order valence-corrected chi connectivity index (χ2v) is 4.57. The number of benzene rings is 1. The molecule has 4 nitrogen and oxygen atoms in total. The summed E-state index contributed by atoms with van der Waals surface area (Å²) in [4.78, 5) is 0. The van der Waals surface area contributed by atoms with Gasteiger partial charge < -0.3 is 20.3 Å². The molecule has 1 aromatic rings. The Bertz CT molecular complexity index is 345. The molecule has 0 aliphatic heterocycles. The van der Waals surface area contributed by atoms with Crippen molar-refractivity contribution in [3.63, 3.8) is 0 Å². The first-order valence-electron chi connectivity index (χ1n) is 5.51. The predicted molar refractivity (Wildman–Crippen MR) is 70.1 cm³/mol. The zero-order valence-corrected chi connectivity index (χ0v) is 11.4. The molecule has 1 rings (SSSR count). The van der Waals surface area contributed by atoms with Crippen LogP contribution in [-0.4, -0.2) is 31.5 Å². The standard InChI is InChI=1S/C12H18BrNO3/c1-9(14)11-8-10(13)2-3-12(11)17-7-6-16-5-4-15/h2-3,8-9,15H,4-7,14H2,1H3/t9-/m1/s1. The summed E-state index contributed by atoms with van der Waals surface area (Å²) in [7, 11) is 0. The number of ether oxygens (including phenoxy) is 2. The van der Waals surface area contributed by atoms with Crippen LogP contribution in [0.2, 0.25) is 0 Å². The Labute approximate surface area is 110 Å². The van der Waals surface area contributed by atoms with E-state index in [1.54, 1.807) is 0 Å². The molecule has 96 valence electrons. The molecule has 0 fully saturated rings. The normalized spacial score (nSPS) is 12.5. The lowest BCUT2D eigenvalue weighted by atomic mass is 10.1. The molecule has 1 atom stereocenters. The average Bonchev–Trinajstić information content (AvgIpc) is 2.30. The van der Waals surface area contributed by atoms with Crippen LogP contribution in [-0.2, 0) is 4.74 Å². The maximum atomic E-state index is 8.54. The van der Waals surface area contributed by atoms with E-state index in [0.717, 1.165) is 15.8 Å².